The van der Waals surface area contributed by atoms with Crippen molar-refractivity contribution in [3.63, 3.8) is 0 Å². The molecule has 1 atom stereocenters. The lowest BCUT2D eigenvalue weighted by Crippen LogP contribution is -2.23. The Balaban J connectivity index is 1.89. The largest absolute Gasteiger partial charge is 0.459 e. The lowest BCUT2D eigenvalue weighted by molar-refractivity contribution is 0.428. The van der Waals surface area contributed by atoms with Gasteiger partial charge in [-0.2, -0.15) is 11.3 Å². The summed E-state index contributed by atoms with van der Waals surface area (Å²) < 4.78 is 6.01. The van der Waals surface area contributed by atoms with Crippen LogP contribution in [0.4, 0.5) is 0 Å². The highest BCUT2D eigenvalue weighted by atomic mass is 35.5. The number of furan rings is 1. The van der Waals surface area contributed by atoms with Crippen molar-refractivity contribution in [2.45, 2.75) is 25.8 Å². The van der Waals surface area contributed by atoms with Crippen molar-refractivity contribution in [2.24, 2.45) is 0 Å². The summed E-state index contributed by atoms with van der Waals surface area (Å²) in [7, 11) is 0. The Bertz CT molecular complexity index is 705. The van der Waals surface area contributed by atoms with Crippen LogP contribution in [0, 0.1) is 0 Å². The predicted molar refractivity (Wildman–Crippen MR) is 90.3 cm³/mol. The van der Waals surface area contributed by atoms with Crippen molar-refractivity contribution < 1.29 is 4.42 Å². The first-order chi connectivity index (χ1) is 10.3. The zero-order valence-electron chi connectivity index (χ0n) is 11.9. The third kappa shape index (κ3) is 3.49. The van der Waals surface area contributed by atoms with Gasteiger partial charge in [-0.05, 0) is 66.0 Å². The zero-order chi connectivity index (χ0) is 14.7. The predicted octanol–water partition coefficient (Wildman–Crippen LogP) is 5.43. The number of rotatable bonds is 6. The lowest BCUT2D eigenvalue weighted by Gasteiger charge is -2.15. The van der Waals surface area contributed by atoms with Gasteiger partial charge < -0.3 is 9.73 Å². The summed E-state index contributed by atoms with van der Waals surface area (Å²) in [5, 5.41) is 9.69. The second-order valence-corrected chi connectivity index (χ2v) is 6.39. The van der Waals surface area contributed by atoms with Gasteiger partial charge in [-0.3, -0.25) is 0 Å². The molecule has 0 radical (unpaired) electrons. The molecule has 3 aromatic rings. The van der Waals surface area contributed by atoms with E-state index in [0.29, 0.717) is 0 Å². The molecule has 1 N–H and O–H groups in total. The maximum absolute atomic E-state index is 6.05. The Morgan fingerprint density at radius 1 is 1.29 bits per heavy atom. The number of nitrogens with one attached hydrogen (secondary N) is 1. The maximum atomic E-state index is 6.05. The molecule has 0 saturated heterocycles. The highest BCUT2D eigenvalue weighted by Gasteiger charge is 2.16. The van der Waals surface area contributed by atoms with E-state index >= 15 is 0 Å². The second-order valence-electron chi connectivity index (χ2n) is 5.17. The standard InChI is InChI=1S/C17H18ClNOS/c1-2-6-19-15(8-12-5-7-21-11-12)17-10-13-9-14(18)3-4-16(13)20-17/h3-5,7,9-11,15,19H,2,6,8H2,1H3. The molecule has 1 aromatic carbocycles. The zero-order valence-corrected chi connectivity index (χ0v) is 13.5. The average molecular weight is 320 g/mol. The summed E-state index contributed by atoms with van der Waals surface area (Å²) in [6.07, 6.45) is 2.04. The van der Waals surface area contributed by atoms with E-state index in [1.165, 1.54) is 5.56 Å². The number of benzene rings is 1. The summed E-state index contributed by atoms with van der Waals surface area (Å²) in [5.74, 6) is 0.979. The Labute approximate surface area is 133 Å². The van der Waals surface area contributed by atoms with Crippen molar-refractivity contribution in [2.75, 3.05) is 6.54 Å². The van der Waals surface area contributed by atoms with Gasteiger partial charge >= 0.3 is 0 Å². The van der Waals surface area contributed by atoms with Gasteiger partial charge in [-0.25, -0.2) is 0 Å². The Morgan fingerprint density at radius 3 is 2.95 bits per heavy atom. The van der Waals surface area contributed by atoms with Gasteiger partial charge in [0.1, 0.15) is 11.3 Å². The number of thiophene rings is 1. The maximum Gasteiger partial charge on any atom is 0.134 e. The molecular weight excluding hydrogens is 302 g/mol. The molecule has 0 spiro atoms. The van der Waals surface area contributed by atoms with Gasteiger partial charge in [0.25, 0.3) is 0 Å². The summed E-state index contributed by atoms with van der Waals surface area (Å²) in [6, 6.07) is 10.2. The van der Waals surface area contributed by atoms with Crippen molar-refractivity contribution in [1.82, 2.24) is 5.32 Å². The van der Waals surface area contributed by atoms with Crippen LogP contribution >= 0.6 is 22.9 Å². The quantitative estimate of drug-likeness (QED) is 0.655. The van der Waals surface area contributed by atoms with Crippen LogP contribution in [0.5, 0.6) is 0 Å². The molecule has 4 heteroatoms. The van der Waals surface area contributed by atoms with Gasteiger partial charge in [-0.15, -0.1) is 0 Å². The molecule has 3 rings (SSSR count). The van der Waals surface area contributed by atoms with Gasteiger partial charge in [-0.1, -0.05) is 18.5 Å². The average Bonchev–Trinajstić information content (AvgIpc) is 3.11. The molecule has 21 heavy (non-hydrogen) atoms. The van der Waals surface area contributed by atoms with Crippen LogP contribution in [0.1, 0.15) is 30.7 Å². The van der Waals surface area contributed by atoms with Gasteiger partial charge in [0.2, 0.25) is 0 Å². The molecule has 1 unspecified atom stereocenters. The third-order valence-corrected chi connectivity index (χ3v) is 4.47. The van der Waals surface area contributed by atoms with E-state index in [9.17, 15) is 0 Å². The van der Waals surface area contributed by atoms with E-state index in [4.69, 9.17) is 16.0 Å². The van der Waals surface area contributed by atoms with E-state index in [2.05, 4.69) is 35.1 Å². The monoisotopic (exact) mass is 319 g/mol. The smallest absolute Gasteiger partial charge is 0.134 e. The Morgan fingerprint density at radius 2 is 2.19 bits per heavy atom. The first-order valence-electron chi connectivity index (χ1n) is 7.19. The molecule has 0 fully saturated rings. The minimum absolute atomic E-state index is 0.200. The first kappa shape index (κ1) is 14.6. The fraction of sp³-hybridized carbons (Fsp3) is 0.294. The van der Waals surface area contributed by atoms with Crippen LogP contribution in [0.3, 0.4) is 0 Å². The van der Waals surface area contributed by atoms with Crippen molar-refractivity contribution in [3.8, 4) is 0 Å². The summed E-state index contributed by atoms with van der Waals surface area (Å²) >= 11 is 7.78. The van der Waals surface area contributed by atoms with E-state index in [1.807, 2.05) is 18.2 Å². The van der Waals surface area contributed by atoms with Crippen molar-refractivity contribution >= 4 is 33.9 Å². The number of fused-ring (bicyclic) bond motifs is 1. The highest BCUT2D eigenvalue weighted by molar-refractivity contribution is 7.07. The number of hydrogen-bond donors (Lipinski definition) is 1. The summed E-state index contributed by atoms with van der Waals surface area (Å²) in [5.41, 5.74) is 2.23. The normalized spacial score (nSPS) is 12.9. The van der Waals surface area contributed by atoms with E-state index in [0.717, 1.165) is 41.1 Å². The molecule has 0 saturated carbocycles. The van der Waals surface area contributed by atoms with Gasteiger partial charge in [0.15, 0.2) is 0 Å². The van der Waals surface area contributed by atoms with Crippen LogP contribution < -0.4 is 5.32 Å². The minimum atomic E-state index is 0.200. The second kappa shape index (κ2) is 6.65. The van der Waals surface area contributed by atoms with Crippen LogP contribution in [-0.2, 0) is 6.42 Å². The summed E-state index contributed by atoms with van der Waals surface area (Å²) in [4.78, 5) is 0. The highest BCUT2D eigenvalue weighted by Crippen LogP contribution is 2.28. The van der Waals surface area contributed by atoms with E-state index in [1.54, 1.807) is 11.3 Å². The van der Waals surface area contributed by atoms with E-state index in [-0.39, 0.29) is 6.04 Å². The molecule has 0 aliphatic carbocycles. The van der Waals surface area contributed by atoms with Crippen LogP contribution in [0.25, 0.3) is 11.0 Å². The molecule has 2 heterocycles. The first-order valence-corrected chi connectivity index (χ1v) is 8.52. The molecule has 0 amide bonds. The Hall–Kier alpha value is -1.29. The summed E-state index contributed by atoms with van der Waals surface area (Å²) in [6.45, 7) is 3.15. The minimum Gasteiger partial charge on any atom is -0.459 e. The third-order valence-electron chi connectivity index (χ3n) is 3.50. The van der Waals surface area contributed by atoms with Crippen molar-refractivity contribution in [1.29, 1.82) is 0 Å². The van der Waals surface area contributed by atoms with Gasteiger partial charge in [0, 0.05) is 10.4 Å². The molecule has 110 valence electrons. The molecule has 0 aliphatic heterocycles. The van der Waals surface area contributed by atoms with Crippen molar-refractivity contribution in [3.05, 3.63) is 57.4 Å². The fourth-order valence-corrected chi connectivity index (χ4v) is 3.30. The molecular formula is C17H18ClNOS. The Kier molecular flexibility index (Phi) is 4.63. The van der Waals surface area contributed by atoms with Crippen LogP contribution in [0.15, 0.2) is 45.5 Å². The lowest BCUT2D eigenvalue weighted by atomic mass is 10.1. The number of halogens is 1. The van der Waals surface area contributed by atoms with Gasteiger partial charge in [0.05, 0.1) is 6.04 Å². The fourth-order valence-electron chi connectivity index (χ4n) is 2.44. The number of hydrogen-bond acceptors (Lipinski definition) is 3. The topological polar surface area (TPSA) is 25.2 Å². The molecule has 2 nitrogen and oxygen atoms in total. The molecule has 2 aromatic heterocycles. The molecule has 0 aliphatic rings. The van der Waals surface area contributed by atoms with Crippen LogP contribution in [-0.4, -0.2) is 6.54 Å². The SMILES string of the molecule is CCCNC(Cc1ccsc1)c1cc2cc(Cl)ccc2o1. The van der Waals surface area contributed by atoms with Crippen LogP contribution in [0.2, 0.25) is 5.02 Å². The van der Waals surface area contributed by atoms with E-state index < -0.39 is 0 Å². The molecule has 0 bridgehead atoms.